The number of unbranched alkanes of at least 4 members (excludes halogenated alkanes) is 1. The summed E-state index contributed by atoms with van der Waals surface area (Å²) in [7, 11) is 3.13. The highest BCUT2D eigenvalue weighted by molar-refractivity contribution is 8.76. The van der Waals surface area contributed by atoms with Gasteiger partial charge < -0.3 is 14.8 Å². The zero-order chi connectivity index (χ0) is 10.8. The maximum absolute atomic E-state index is 10.3. The predicted molar refractivity (Wildman–Crippen MR) is 62.9 cm³/mol. The lowest BCUT2D eigenvalue weighted by molar-refractivity contribution is 0.114. The van der Waals surface area contributed by atoms with Crippen molar-refractivity contribution in [3.63, 3.8) is 0 Å². The van der Waals surface area contributed by atoms with Gasteiger partial charge in [0, 0.05) is 17.3 Å². The van der Waals surface area contributed by atoms with Gasteiger partial charge in [0.1, 0.15) is 0 Å². The normalized spacial score (nSPS) is 15.4. The molecule has 2 atom stereocenters. The number of rotatable bonds is 9. The van der Waals surface area contributed by atoms with Gasteiger partial charge in [0.2, 0.25) is 0 Å². The Morgan fingerprint density at radius 3 is 2.57 bits per heavy atom. The van der Waals surface area contributed by atoms with Crippen LogP contribution in [0, 0.1) is 0 Å². The summed E-state index contributed by atoms with van der Waals surface area (Å²) >= 11 is -1.67. The summed E-state index contributed by atoms with van der Waals surface area (Å²) in [5.74, 6) is 1.76. The molecular weight excluding hydrogens is 244 g/mol. The van der Waals surface area contributed by atoms with Crippen molar-refractivity contribution >= 4 is 32.7 Å². The van der Waals surface area contributed by atoms with Gasteiger partial charge in [-0.2, -0.15) is 0 Å². The van der Waals surface area contributed by atoms with Crippen LogP contribution in [0.3, 0.4) is 0 Å². The van der Waals surface area contributed by atoms with E-state index in [0.717, 1.165) is 18.6 Å². The minimum atomic E-state index is -1.67. The Morgan fingerprint density at radius 2 is 2.00 bits per heavy atom. The molecule has 0 aliphatic rings. The van der Waals surface area contributed by atoms with Crippen LogP contribution in [0.15, 0.2) is 0 Å². The molecule has 0 aliphatic heterocycles. The van der Waals surface area contributed by atoms with Crippen molar-refractivity contribution in [2.75, 3.05) is 23.9 Å². The lowest BCUT2D eigenvalue weighted by atomic mass is 10.4. The first-order valence-corrected chi connectivity index (χ1v) is 8.04. The van der Waals surface area contributed by atoms with Crippen molar-refractivity contribution in [3.05, 3.63) is 0 Å². The van der Waals surface area contributed by atoms with Crippen LogP contribution >= 0.6 is 21.6 Å². The van der Waals surface area contributed by atoms with E-state index >= 15 is 0 Å². The molecule has 0 spiro atoms. The second-order valence-corrected chi connectivity index (χ2v) is 6.35. The summed E-state index contributed by atoms with van der Waals surface area (Å²) in [5, 5.41) is 17.5. The summed E-state index contributed by atoms with van der Waals surface area (Å²) < 4.78 is 18.7. The molecule has 0 saturated heterocycles. The smallest absolute Gasteiger partial charge is 0.152 e. The van der Waals surface area contributed by atoms with Crippen LogP contribution in [0.25, 0.3) is 0 Å². The lowest BCUT2D eigenvalue weighted by Gasteiger charge is -2.05. The highest BCUT2D eigenvalue weighted by Gasteiger charge is 2.01. The maximum atomic E-state index is 10.3. The van der Waals surface area contributed by atoms with Crippen molar-refractivity contribution < 1.29 is 19.0 Å². The van der Waals surface area contributed by atoms with E-state index in [-0.39, 0.29) is 6.61 Å². The quantitative estimate of drug-likeness (QED) is 0.322. The van der Waals surface area contributed by atoms with E-state index in [1.165, 1.54) is 10.8 Å². The Hall–Kier alpha value is 0.730. The van der Waals surface area contributed by atoms with E-state index in [2.05, 4.69) is 0 Å². The standard InChI is InChI=1S/C7H16O4S3/c8-5-7(9)6-13-12-3-1-2-4-14(10)11/h7-9H,1-6H2,(H,10,11)/t7-/m0/s1. The summed E-state index contributed by atoms with van der Waals surface area (Å²) in [6, 6.07) is 0. The van der Waals surface area contributed by atoms with Crippen LogP contribution in [-0.2, 0) is 11.1 Å². The van der Waals surface area contributed by atoms with Gasteiger partial charge >= 0.3 is 0 Å². The van der Waals surface area contributed by atoms with Crippen LogP contribution in [0.2, 0.25) is 0 Å². The first-order chi connectivity index (χ1) is 6.66. The molecule has 4 nitrogen and oxygen atoms in total. The minimum Gasteiger partial charge on any atom is -0.394 e. The molecule has 0 saturated carbocycles. The molecule has 0 bridgehead atoms. The number of aliphatic hydroxyl groups is 2. The average Bonchev–Trinajstić information content (AvgIpc) is 2.15. The highest BCUT2D eigenvalue weighted by Crippen LogP contribution is 2.23. The second kappa shape index (κ2) is 10.3. The molecule has 0 aromatic heterocycles. The third kappa shape index (κ3) is 10.8. The molecule has 0 heterocycles. The van der Waals surface area contributed by atoms with Crippen LogP contribution in [0.1, 0.15) is 12.8 Å². The fourth-order valence-electron chi connectivity index (χ4n) is 0.625. The van der Waals surface area contributed by atoms with Gasteiger partial charge in [0.15, 0.2) is 11.1 Å². The van der Waals surface area contributed by atoms with E-state index < -0.39 is 17.2 Å². The summed E-state index contributed by atoms with van der Waals surface area (Å²) in [4.78, 5) is 0. The summed E-state index contributed by atoms with van der Waals surface area (Å²) in [6.45, 7) is -0.197. The van der Waals surface area contributed by atoms with Gasteiger partial charge in [-0.25, -0.2) is 4.21 Å². The topological polar surface area (TPSA) is 77.8 Å². The minimum absolute atomic E-state index is 0.197. The van der Waals surface area contributed by atoms with Crippen LogP contribution < -0.4 is 0 Å². The monoisotopic (exact) mass is 260 g/mol. The predicted octanol–water partition coefficient (Wildman–Crippen LogP) is 0.723. The first-order valence-electron chi connectivity index (χ1n) is 4.27. The highest BCUT2D eigenvalue weighted by atomic mass is 33.1. The van der Waals surface area contributed by atoms with Gasteiger partial charge in [-0.15, -0.1) is 0 Å². The van der Waals surface area contributed by atoms with Crippen molar-refractivity contribution in [2.24, 2.45) is 0 Å². The SMILES string of the molecule is O=S(O)CCCCSSC[C@@H](O)CO. The molecule has 0 aromatic carbocycles. The fraction of sp³-hybridized carbons (Fsp3) is 1.00. The molecular formula is C7H16O4S3. The Bertz CT molecular complexity index is 156. The van der Waals surface area contributed by atoms with Crippen molar-refractivity contribution in [3.8, 4) is 0 Å². The molecule has 0 amide bonds. The van der Waals surface area contributed by atoms with Gasteiger partial charge in [0.05, 0.1) is 12.7 Å². The molecule has 0 radical (unpaired) electrons. The van der Waals surface area contributed by atoms with E-state index in [9.17, 15) is 4.21 Å². The molecule has 7 heteroatoms. The van der Waals surface area contributed by atoms with Crippen LogP contribution in [0.5, 0.6) is 0 Å². The third-order valence-corrected chi connectivity index (χ3v) is 4.54. The van der Waals surface area contributed by atoms with E-state index in [1.54, 1.807) is 10.8 Å². The van der Waals surface area contributed by atoms with Gasteiger partial charge in [-0.05, 0) is 12.8 Å². The Balaban J connectivity index is 3.02. The van der Waals surface area contributed by atoms with Gasteiger partial charge in [-0.3, -0.25) is 0 Å². The van der Waals surface area contributed by atoms with Gasteiger partial charge in [0.25, 0.3) is 0 Å². The third-order valence-electron chi connectivity index (χ3n) is 1.35. The van der Waals surface area contributed by atoms with Crippen LogP contribution in [-0.4, -0.2) is 48.9 Å². The molecule has 0 aliphatic carbocycles. The van der Waals surface area contributed by atoms with E-state index in [1.807, 2.05) is 0 Å². The number of hydrogen-bond donors (Lipinski definition) is 3. The lowest BCUT2D eigenvalue weighted by Crippen LogP contribution is -2.13. The molecule has 0 rings (SSSR count). The van der Waals surface area contributed by atoms with E-state index in [4.69, 9.17) is 14.8 Å². The molecule has 3 N–H and O–H groups in total. The zero-order valence-electron chi connectivity index (χ0n) is 7.79. The van der Waals surface area contributed by atoms with Crippen molar-refractivity contribution in [2.45, 2.75) is 18.9 Å². The number of hydrogen-bond acceptors (Lipinski definition) is 5. The molecule has 0 aromatic rings. The fourth-order valence-corrected chi connectivity index (χ4v) is 3.34. The molecule has 0 fully saturated rings. The Kier molecular flexibility index (Phi) is 10.8. The summed E-state index contributed by atoms with van der Waals surface area (Å²) in [5.41, 5.74) is 0. The maximum Gasteiger partial charge on any atom is 0.152 e. The second-order valence-electron chi connectivity index (χ2n) is 2.68. The first kappa shape index (κ1) is 14.7. The Morgan fingerprint density at radius 1 is 1.29 bits per heavy atom. The zero-order valence-corrected chi connectivity index (χ0v) is 10.2. The molecule has 86 valence electrons. The summed E-state index contributed by atoms with van der Waals surface area (Å²) in [6.07, 6.45) is 1.01. The van der Waals surface area contributed by atoms with Crippen molar-refractivity contribution in [1.29, 1.82) is 0 Å². The van der Waals surface area contributed by atoms with Crippen LogP contribution in [0.4, 0.5) is 0 Å². The molecule has 1 unspecified atom stereocenters. The molecule has 14 heavy (non-hydrogen) atoms. The van der Waals surface area contributed by atoms with Gasteiger partial charge in [-0.1, -0.05) is 21.6 Å². The average molecular weight is 260 g/mol. The largest absolute Gasteiger partial charge is 0.394 e. The number of aliphatic hydroxyl groups excluding tert-OH is 2. The Labute approximate surface area is 94.5 Å². The van der Waals surface area contributed by atoms with E-state index in [0.29, 0.717) is 11.5 Å². The van der Waals surface area contributed by atoms with Crippen molar-refractivity contribution in [1.82, 2.24) is 0 Å².